The van der Waals surface area contributed by atoms with Crippen molar-refractivity contribution in [2.24, 2.45) is 0 Å². The van der Waals surface area contributed by atoms with Gasteiger partial charge in [0.2, 0.25) is 5.91 Å². The lowest BCUT2D eigenvalue weighted by Crippen LogP contribution is -2.41. The summed E-state index contributed by atoms with van der Waals surface area (Å²) in [5, 5.41) is 8.90. The van der Waals surface area contributed by atoms with Crippen molar-refractivity contribution in [1.29, 1.82) is 0 Å². The van der Waals surface area contributed by atoms with Gasteiger partial charge in [-0.25, -0.2) is 4.39 Å². The van der Waals surface area contributed by atoms with Gasteiger partial charge in [0.1, 0.15) is 11.6 Å². The Labute approximate surface area is 206 Å². The Bertz CT molecular complexity index is 1350. The molecule has 1 saturated heterocycles. The van der Waals surface area contributed by atoms with Gasteiger partial charge in [0.05, 0.1) is 17.1 Å². The molecule has 0 N–H and O–H groups in total. The molecule has 2 aromatic carbocycles. The van der Waals surface area contributed by atoms with Gasteiger partial charge in [0.15, 0.2) is 11.0 Å². The first-order valence-electron chi connectivity index (χ1n) is 11.4. The second kappa shape index (κ2) is 9.87. The number of thioether (sulfide) groups is 1. The Morgan fingerprint density at radius 2 is 1.83 bits per heavy atom. The van der Waals surface area contributed by atoms with Crippen molar-refractivity contribution < 1.29 is 18.4 Å². The van der Waals surface area contributed by atoms with Crippen LogP contribution >= 0.6 is 11.8 Å². The van der Waals surface area contributed by atoms with Crippen LogP contribution in [0.2, 0.25) is 0 Å². The summed E-state index contributed by atoms with van der Waals surface area (Å²) in [7, 11) is 0. The molecule has 0 spiro atoms. The largest absolute Gasteiger partial charge is 0.469 e. The molecule has 1 aliphatic rings. The fourth-order valence-corrected chi connectivity index (χ4v) is 5.29. The summed E-state index contributed by atoms with van der Waals surface area (Å²) in [6, 6.07) is 16.8. The lowest BCUT2D eigenvalue weighted by atomic mass is 10.2. The summed E-state index contributed by atoms with van der Waals surface area (Å²) < 4.78 is 20.7. The predicted octanol–water partition coefficient (Wildman–Crippen LogP) is 5.29. The molecule has 5 rings (SSSR count). The molecule has 3 heterocycles. The molecule has 0 bridgehead atoms. The van der Waals surface area contributed by atoms with Crippen molar-refractivity contribution in [3.63, 3.8) is 0 Å². The van der Waals surface area contributed by atoms with Crippen LogP contribution < -0.4 is 0 Å². The highest BCUT2D eigenvalue weighted by Crippen LogP contribution is 2.35. The molecular weight excluding hydrogens is 467 g/mol. The molecule has 2 amide bonds. The minimum atomic E-state index is -0.508. The van der Waals surface area contributed by atoms with Crippen LogP contribution in [0, 0.1) is 12.7 Å². The summed E-state index contributed by atoms with van der Waals surface area (Å²) >= 11 is 1.31. The van der Waals surface area contributed by atoms with Gasteiger partial charge in [0, 0.05) is 17.8 Å². The molecule has 35 heavy (non-hydrogen) atoms. The first-order valence-corrected chi connectivity index (χ1v) is 12.2. The number of halogens is 1. The third kappa shape index (κ3) is 4.64. The van der Waals surface area contributed by atoms with E-state index in [0.29, 0.717) is 36.1 Å². The SMILES string of the molecule is Cc1occc1-c1nnc(SC2CCCCN(C(=O)c3ccc(F)cc3)C2=O)n1-c1ccccc1. The van der Waals surface area contributed by atoms with E-state index in [1.807, 2.05) is 47.9 Å². The number of carbonyl (C=O) groups excluding carboxylic acids is 2. The molecular formula is C26H23FN4O3S. The van der Waals surface area contributed by atoms with E-state index in [1.165, 1.54) is 40.9 Å². The van der Waals surface area contributed by atoms with Crippen LogP contribution in [0.3, 0.4) is 0 Å². The number of imide groups is 1. The zero-order chi connectivity index (χ0) is 24.4. The summed E-state index contributed by atoms with van der Waals surface area (Å²) in [5.41, 5.74) is 1.96. The number of benzene rings is 2. The Morgan fingerprint density at radius 1 is 1.06 bits per heavy atom. The molecule has 7 nitrogen and oxygen atoms in total. The second-order valence-electron chi connectivity index (χ2n) is 8.27. The number of hydrogen-bond acceptors (Lipinski definition) is 6. The van der Waals surface area contributed by atoms with Gasteiger partial charge >= 0.3 is 0 Å². The van der Waals surface area contributed by atoms with E-state index in [1.54, 1.807) is 6.26 Å². The standard InChI is InChI=1S/C26H23FN4O3S/c1-17-21(14-16-34-17)23-28-29-26(31(23)20-7-3-2-4-8-20)35-22-9-5-6-15-30(25(22)33)24(32)18-10-12-19(27)13-11-18/h2-4,7-8,10-14,16,22H,5-6,9,15H2,1H3. The number of rotatable bonds is 5. The van der Waals surface area contributed by atoms with Crippen molar-refractivity contribution in [3.05, 3.63) is 84.1 Å². The fraction of sp³-hybridized carbons (Fsp3) is 0.231. The van der Waals surface area contributed by atoms with Gasteiger partial charge in [0.25, 0.3) is 5.91 Å². The van der Waals surface area contributed by atoms with E-state index in [0.717, 1.165) is 17.7 Å². The molecule has 4 aromatic rings. The van der Waals surface area contributed by atoms with Gasteiger partial charge < -0.3 is 4.42 Å². The van der Waals surface area contributed by atoms with Crippen molar-refractivity contribution in [1.82, 2.24) is 19.7 Å². The summed E-state index contributed by atoms with van der Waals surface area (Å²) in [4.78, 5) is 27.9. The average Bonchev–Trinajstić information content (AvgIpc) is 3.44. The molecule has 1 unspecified atom stereocenters. The smallest absolute Gasteiger partial charge is 0.260 e. The number of aryl methyl sites for hydroxylation is 1. The molecule has 1 atom stereocenters. The lowest BCUT2D eigenvalue weighted by molar-refractivity contribution is -0.127. The fourth-order valence-electron chi connectivity index (χ4n) is 4.14. The Hall–Kier alpha value is -3.72. The van der Waals surface area contributed by atoms with Crippen LogP contribution in [0.4, 0.5) is 4.39 Å². The van der Waals surface area contributed by atoms with Gasteiger partial charge in [-0.1, -0.05) is 36.4 Å². The number of nitrogens with zero attached hydrogens (tertiary/aromatic N) is 4. The highest BCUT2D eigenvalue weighted by molar-refractivity contribution is 8.00. The zero-order valence-corrected chi connectivity index (χ0v) is 19.9. The van der Waals surface area contributed by atoms with E-state index >= 15 is 0 Å². The van der Waals surface area contributed by atoms with Crippen LogP contribution in [0.25, 0.3) is 17.1 Å². The molecule has 9 heteroatoms. The molecule has 0 saturated carbocycles. The van der Waals surface area contributed by atoms with Crippen LogP contribution in [0.1, 0.15) is 35.4 Å². The van der Waals surface area contributed by atoms with Crippen LogP contribution in [-0.4, -0.2) is 43.3 Å². The first-order chi connectivity index (χ1) is 17.0. The Balaban J connectivity index is 1.48. The van der Waals surface area contributed by atoms with E-state index < -0.39 is 17.0 Å². The average molecular weight is 491 g/mol. The van der Waals surface area contributed by atoms with Gasteiger partial charge in [-0.15, -0.1) is 10.2 Å². The van der Waals surface area contributed by atoms with Gasteiger partial charge in [-0.05, 0) is 62.2 Å². The van der Waals surface area contributed by atoms with Crippen molar-refractivity contribution in [2.45, 2.75) is 36.6 Å². The van der Waals surface area contributed by atoms with E-state index in [2.05, 4.69) is 10.2 Å². The third-order valence-corrected chi connectivity index (χ3v) is 7.17. The van der Waals surface area contributed by atoms with Crippen LogP contribution in [0.5, 0.6) is 0 Å². The van der Waals surface area contributed by atoms with Crippen molar-refractivity contribution in [3.8, 4) is 17.1 Å². The number of carbonyl (C=O) groups is 2. The summed E-state index contributed by atoms with van der Waals surface area (Å²) in [6.45, 7) is 2.19. The van der Waals surface area contributed by atoms with Crippen LogP contribution in [0.15, 0.2) is 76.5 Å². The maximum absolute atomic E-state index is 13.5. The molecule has 0 aliphatic carbocycles. The van der Waals surface area contributed by atoms with E-state index in [-0.39, 0.29) is 11.5 Å². The number of likely N-dealkylation sites (tertiary alicyclic amines) is 1. The maximum Gasteiger partial charge on any atom is 0.260 e. The maximum atomic E-state index is 13.5. The number of hydrogen-bond donors (Lipinski definition) is 0. The molecule has 1 aliphatic heterocycles. The van der Waals surface area contributed by atoms with E-state index in [9.17, 15) is 14.0 Å². The number of furan rings is 1. The quantitative estimate of drug-likeness (QED) is 0.354. The summed E-state index contributed by atoms with van der Waals surface area (Å²) in [5.74, 6) is 0.214. The van der Waals surface area contributed by atoms with Gasteiger partial charge in [-0.2, -0.15) is 0 Å². The number of amides is 2. The van der Waals surface area contributed by atoms with E-state index in [4.69, 9.17) is 4.42 Å². The normalized spacial score (nSPS) is 16.3. The molecule has 1 fully saturated rings. The molecule has 0 radical (unpaired) electrons. The first kappa shape index (κ1) is 23.0. The minimum absolute atomic E-state index is 0.273. The molecule has 178 valence electrons. The lowest BCUT2D eigenvalue weighted by Gasteiger charge is -2.22. The van der Waals surface area contributed by atoms with Crippen molar-refractivity contribution >= 4 is 23.6 Å². The number of para-hydroxylation sites is 1. The Morgan fingerprint density at radius 3 is 2.54 bits per heavy atom. The Kier molecular flexibility index (Phi) is 6.50. The van der Waals surface area contributed by atoms with Crippen LogP contribution in [-0.2, 0) is 4.79 Å². The molecule has 2 aromatic heterocycles. The minimum Gasteiger partial charge on any atom is -0.469 e. The summed E-state index contributed by atoms with van der Waals surface area (Å²) in [6.07, 6.45) is 3.72. The zero-order valence-electron chi connectivity index (χ0n) is 19.1. The third-order valence-electron chi connectivity index (χ3n) is 5.97. The highest BCUT2D eigenvalue weighted by atomic mass is 32.2. The van der Waals surface area contributed by atoms with Crippen molar-refractivity contribution in [2.75, 3.05) is 6.54 Å². The topological polar surface area (TPSA) is 81.2 Å². The second-order valence-corrected chi connectivity index (χ2v) is 9.44. The van der Waals surface area contributed by atoms with Gasteiger partial charge in [-0.3, -0.25) is 19.1 Å². The number of aromatic nitrogens is 3. The monoisotopic (exact) mass is 490 g/mol. The predicted molar refractivity (Wildman–Crippen MR) is 130 cm³/mol. The highest BCUT2D eigenvalue weighted by Gasteiger charge is 2.34.